The third kappa shape index (κ3) is 4.63. The first-order valence-corrected chi connectivity index (χ1v) is 11.4. The van der Waals surface area contributed by atoms with Crippen molar-refractivity contribution in [1.82, 2.24) is 25.2 Å². The van der Waals surface area contributed by atoms with Crippen LogP contribution in [0.5, 0.6) is 0 Å². The number of carbonyl (C=O) groups is 1. The van der Waals surface area contributed by atoms with E-state index < -0.39 is 0 Å². The maximum atomic E-state index is 12.9. The van der Waals surface area contributed by atoms with Gasteiger partial charge in [-0.15, -0.1) is 23.0 Å². The zero-order valence-electron chi connectivity index (χ0n) is 15.2. The summed E-state index contributed by atoms with van der Waals surface area (Å²) < 4.78 is 1.79. The molecule has 1 fully saturated rings. The monoisotopic (exact) mass is 466 g/mol. The van der Waals surface area contributed by atoms with Crippen LogP contribution >= 0.6 is 46.3 Å². The van der Waals surface area contributed by atoms with E-state index in [1.54, 1.807) is 27.8 Å². The highest BCUT2D eigenvalue weighted by Crippen LogP contribution is 2.36. The Morgan fingerprint density at radius 2 is 2.21 bits per heavy atom. The number of amides is 1. The molecule has 0 bridgehead atoms. The number of aromatic nitrogens is 5. The molecule has 0 atom stereocenters. The molecule has 3 aromatic rings. The van der Waals surface area contributed by atoms with Crippen molar-refractivity contribution in [2.24, 2.45) is 0 Å². The molecule has 7 nitrogen and oxygen atoms in total. The molecule has 2 aromatic heterocycles. The maximum absolute atomic E-state index is 12.9. The van der Waals surface area contributed by atoms with E-state index in [-0.39, 0.29) is 11.7 Å². The number of tetrazole rings is 1. The first-order chi connectivity index (χ1) is 14.1. The lowest BCUT2D eigenvalue weighted by Gasteiger charge is -2.17. The van der Waals surface area contributed by atoms with Crippen LogP contribution in [0.4, 0.5) is 5.13 Å². The number of hydrogen-bond donors (Lipinski definition) is 0. The summed E-state index contributed by atoms with van der Waals surface area (Å²) in [6, 6.07) is 5.70. The minimum Gasteiger partial charge on any atom is -0.284 e. The number of nitrogens with zero attached hydrogens (tertiary/aromatic N) is 6. The van der Waals surface area contributed by atoms with Crippen LogP contribution in [0.3, 0.4) is 0 Å². The normalized spacial score (nSPS) is 13.4. The molecule has 0 spiro atoms. The van der Waals surface area contributed by atoms with Crippen LogP contribution in [0.1, 0.15) is 18.9 Å². The molecule has 2 heterocycles. The third-order valence-corrected chi connectivity index (χ3v) is 6.75. The van der Waals surface area contributed by atoms with Crippen molar-refractivity contribution in [1.29, 1.82) is 0 Å². The van der Waals surface area contributed by atoms with Crippen LogP contribution in [0.2, 0.25) is 10.0 Å². The predicted octanol–water partition coefficient (Wildman–Crippen LogP) is 4.75. The van der Waals surface area contributed by atoms with Gasteiger partial charge in [-0.1, -0.05) is 47.1 Å². The first kappa shape index (κ1) is 20.3. The Morgan fingerprint density at radius 1 is 1.38 bits per heavy atom. The van der Waals surface area contributed by atoms with Crippen molar-refractivity contribution < 1.29 is 4.79 Å². The summed E-state index contributed by atoms with van der Waals surface area (Å²) in [5.41, 5.74) is 1.57. The standard InChI is InChI=1S/C18H16Cl2N6OS2/c1-2-7-25(16(27)10-29-18-22-23-24-26(18)12-4-5-12)17-21-15(9-28-17)11-3-6-13(19)14(20)8-11/h2-3,6,8-9,12H,1,4-5,7,10H2. The van der Waals surface area contributed by atoms with E-state index in [0.717, 1.165) is 24.1 Å². The molecule has 0 saturated heterocycles. The molecule has 1 amide bonds. The second kappa shape index (κ2) is 8.83. The Labute approximate surface area is 185 Å². The third-order valence-electron chi connectivity index (χ3n) is 4.23. The van der Waals surface area contributed by atoms with E-state index >= 15 is 0 Å². The number of benzene rings is 1. The highest BCUT2D eigenvalue weighted by Gasteiger charge is 2.28. The second-order valence-electron chi connectivity index (χ2n) is 6.36. The molecule has 0 aliphatic heterocycles. The van der Waals surface area contributed by atoms with Crippen molar-refractivity contribution >= 4 is 57.3 Å². The van der Waals surface area contributed by atoms with Gasteiger partial charge in [-0.25, -0.2) is 9.67 Å². The molecule has 1 aliphatic carbocycles. The zero-order valence-corrected chi connectivity index (χ0v) is 18.3. The van der Waals surface area contributed by atoms with E-state index in [1.165, 1.54) is 23.1 Å². The van der Waals surface area contributed by atoms with Crippen LogP contribution in [0, 0.1) is 0 Å². The number of anilines is 1. The Balaban J connectivity index is 1.48. The van der Waals surface area contributed by atoms with Gasteiger partial charge in [0.25, 0.3) is 0 Å². The lowest BCUT2D eigenvalue weighted by Crippen LogP contribution is -2.32. The molecule has 11 heteroatoms. The number of carbonyl (C=O) groups excluding carboxylic acids is 1. The van der Waals surface area contributed by atoms with Crippen molar-refractivity contribution in [3.05, 3.63) is 46.3 Å². The second-order valence-corrected chi connectivity index (χ2v) is 8.96. The number of rotatable bonds is 8. The molecule has 1 saturated carbocycles. The molecule has 150 valence electrons. The summed E-state index contributed by atoms with van der Waals surface area (Å²) in [4.78, 5) is 19.1. The fourth-order valence-electron chi connectivity index (χ4n) is 2.62. The minimum atomic E-state index is -0.0877. The molecule has 0 N–H and O–H groups in total. The Hall–Kier alpha value is -1.94. The lowest BCUT2D eigenvalue weighted by atomic mass is 10.2. The van der Waals surface area contributed by atoms with Gasteiger partial charge in [-0.3, -0.25) is 9.69 Å². The molecular weight excluding hydrogens is 451 g/mol. The Kier molecular flexibility index (Phi) is 6.19. The average Bonchev–Trinajstić information content (AvgIpc) is 3.25. The molecule has 4 rings (SSSR count). The number of thiazole rings is 1. The van der Waals surface area contributed by atoms with Gasteiger partial charge < -0.3 is 0 Å². The molecule has 1 aliphatic rings. The van der Waals surface area contributed by atoms with Gasteiger partial charge >= 0.3 is 0 Å². The predicted molar refractivity (Wildman–Crippen MR) is 117 cm³/mol. The van der Waals surface area contributed by atoms with Crippen molar-refractivity contribution in [2.45, 2.75) is 24.0 Å². The molecular formula is C18H16Cl2N6OS2. The summed E-state index contributed by atoms with van der Waals surface area (Å²) in [6.07, 6.45) is 3.83. The smallest absolute Gasteiger partial charge is 0.239 e. The van der Waals surface area contributed by atoms with Crippen molar-refractivity contribution in [3.63, 3.8) is 0 Å². The van der Waals surface area contributed by atoms with Gasteiger partial charge in [0.15, 0.2) is 5.13 Å². The van der Waals surface area contributed by atoms with Gasteiger partial charge in [-0.2, -0.15) is 0 Å². The number of halogens is 2. The summed E-state index contributed by atoms with van der Waals surface area (Å²) in [7, 11) is 0. The largest absolute Gasteiger partial charge is 0.284 e. The quantitative estimate of drug-likeness (QED) is 0.352. The molecule has 29 heavy (non-hydrogen) atoms. The van der Waals surface area contributed by atoms with Crippen molar-refractivity contribution in [3.8, 4) is 11.3 Å². The van der Waals surface area contributed by atoms with Crippen LogP contribution in [0.15, 0.2) is 41.4 Å². The van der Waals surface area contributed by atoms with Crippen molar-refractivity contribution in [2.75, 3.05) is 17.2 Å². The average molecular weight is 467 g/mol. The Morgan fingerprint density at radius 3 is 2.93 bits per heavy atom. The van der Waals surface area contributed by atoms with Gasteiger partial charge in [0.2, 0.25) is 11.1 Å². The van der Waals surface area contributed by atoms with E-state index in [2.05, 4.69) is 27.1 Å². The summed E-state index contributed by atoms with van der Waals surface area (Å²) in [6.45, 7) is 4.12. The highest BCUT2D eigenvalue weighted by atomic mass is 35.5. The Bertz CT molecular complexity index is 1050. The van der Waals surface area contributed by atoms with E-state index in [9.17, 15) is 4.79 Å². The fourth-order valence-corrected chi connectivity index (χ4v) is 4.60. The lowest BCUT2D eigenvalue weighted by molar-refractivity contribution is -0.116. The molecule has 1 aromatic carbocycles. The van der Waals surface area contributed by atoms with Gasteiger partial charge in [-0.05, 0) is 35.4 Å². The minimum absolute atomic E-state index is 0.0877. The van der Waals surface area contributed by atoms with E-state index in [4.69, 9.17) is 23.2 Å². The molecule has 0 radical (unpaired) electrons. The van der Waals surface area contributed by atoms with Crippen LogP contribution in [-0.2, 0) is 4.79 Å². The van der Waals surface area contributed by atoms with Gasteiger partial charge in [0.1, 0.15) is 0 Å². The van der Waals surface area contributed by atoms with E-state index in [1.807, 2.05) is 11.4 Å². The topological polar surface area (TPSA) is 76.8 Å². The zero-order chi connectivity index (χ0) is 20.4. The summed E-state index contributed by atoms with van der Waals surface area (Å²) in [5, 5.41) is 15.8. The van der Waals surface area contributed by atoms with E-state index in [0.29, 0.717) is 32.9 Å². The van der Waals surface area contributed by atoms with Crippen LogP contribution in [0.25, 0.3) is 11.3 Å². The first-order valence-electron chi connectivity index (χ1n) is 8.79. The SMILES string of the molecule is C=CCN(C(=O)CSc1nnnn1C1CC1)c1nc(-c2ccc(Cl)c(Cl)c2)cs1. The number of hydrogen-bond acceptors (Lipinski definition) is 7. The van der Waals surface area contributed by atoms with Crippen LogP contribution < -0.4 is 4.90 Å². The van der Waals surface area contributed by atoms with Gasteiger partial charge in [0, 0.05) is 17.5 Å². The highest BCUT2D eigenvalue weighted by molar-refractivity contribution is 7.99. The molecule has 0 unspecified atom stereocenters. The number of thioether (sulfide) groups is 1. The van der Waals surface area contributed by atoms with Crippen LogP contribution in [-0.4, -0.2) is 43.4 Å². The summed E-state index contributed by atoms with van der Waals surface area (Å²) >= 11 is 14.8. The van der Waals surface area contributed by atoms with Gasteiger partial charge in [0.05, 0.1) is 27.5 Å². The fraction of sp³-hybridized carbons (Fsp3) is 0.278. The summed E-state index contributed by atoms with van der Waals surface area (Å²) in [5.74, 6) is 0.123. The maximum Gasteiger partial charge on any atom is 0.239 e.